The molecule has 0 aliphatic rings. The van der Waals surface area contributed by atoms with E-state index in [0.717, 1.165) is 6.26 Å². The Bertz CT molecular complexity index is 326. The Morgan fingerprint density at radius 2 is 2.08 bits per heavy atom. The van der Waals surface area contributed by atoms with Gasteiger partial charge in [0.2, 0.25) is 5.91 Å². The number of hydrogen-bond acceptors (Lipinski definition) is 3. The van der Waals surface area contributed by atoms with Crippen LogP contribution in [0.3, 0.4) is 0 Å². The Labute approximate surface area is 78.8 Å². The molecule has 0 rings (SSSR count). The van der Waals surface area contributed by atoms with Crippen LogP contribution in [0.4, 0.5) is 0 Å². The quantitative estimate of drug-likeness (QED) is 0.582. The third-order valence-corrected chi connectivity index (χ3v) is 3.18. The zero-order valence-electron chi connectivity index (χ0n) is 7.94. The van der Waals surface area contributed by atoms with Gasteiger partial charge in [-0.25, -0.2) is 8.42 Å². The van der Waals surface area contributed by atoms with Crippen LogP contribution in [0.5, 0.6) is 0 Å². The monoisotopic (exact) mass is 203 g/mol. The molecule has 4 nitrogen and oxygen atoms in total. The van der Waals surface area contributed by atoms with Crippen molar-refractivity contribution in [2.24, 2.45) is 0 Å². The van der Waals surface area contributed by atoms with E-state index in [1.165, 1.54) is 18.9 Å². The van der Waals surface area contributed by atoms with Crippen LogP contribution < -0.4 is 0 Å². The number of sulfone groups is 1. The number of terminal acetylenes is 1. The number of nitrogens with zero attached hydrogens (tertiary/aromatic N) is 1. The fourth-order valence-electron chi connectivity index (χ4n) is 0.708. The standard InChI is InChI=1S/C8H13NO3S/c1-5-6-9(3)8(10)7(2)13(4,11)12/h1,7H,6H2,2-4H3. The van der Waals surface area contributed by atoms with Crippen molar-refractivity contribution in [3.05, 3.63) is 0 Å². The average molecular weight is 203 g/mol. The molecule has 0 spiro atoms. The van der Waals surface area contributed by atoms with E-state index in [0.29, 0.717) is 0 Å². The summed E-state index contributed by atoms with van der Waals surface area (Å²) in [7, 11) is -1.85. The van der Waals surface area contributed by atoms with E-state index in [1.807, 2.05) is 0 Å². The summed E-state index contributed by atoms with van der Waals surface area (Å²) < 4.78 is 22.0. The zero-order chi connectivity index (χ0) is 10.6. The zero-order valence-corrected chi connectivity index (χ0v) is 8.76. The van der Waals surface area contributed by atoms with Gasteiger partial charge in [-0.1, -0.05) is 5.92 Å². The van der Waals surface area contributed by atoms with Crippen LogP contribution in [-0.2, 0) is 14.6 Å². The lowest BCUT2D eigenvalue weighted by atomic mass is 10.4. The summed E-state index contributed by atoms with van der Waals surface area (Å²) in [4.78, 5) is 12.5. The first-order chi connectivity index (χ1) is 5.80. The topological polar surface area (TPSA) is 54.5 Å². The first-order valence-electron chi connectivity index (χ1n) is 3.68. The highest BCUT2D eigenvalue weighted by atomic mass is 32.2. The van der Waals surface area contributed by atoms with Gasteiger partial charge in [0.1, 0.15) is 5.25 Å². The summed E-state index contributed by atoms with van der Waals surface area (Å²) in [5, 5.41) is -1.02. The van der Waals surface area contributed by atoms with Crippen molar-refractivity contribution in [1.82, 2.24) is 4.90 Å². The van der Waals surface area contributed by atoms with Crippen LogP contribution in [0.1, 0.15) is 6.92 Å². The molecular formula is C8H13NO3S. The van der Waals surface area contributed by atoms with Gasteiger partial charge in [0.15, 0.2) is 9.84 Å². The van der Waals surface area contributed by atoms with Crippen LogP contribution in [-0.4, -0.2) is 44.3 Å². The van der Waals surface area contributed by atoms with E-state index in [2.05, 4.69) is 5.92 Å². The third-order valence-electron chi connectivity index (χ3n) is 1.69. The molecule has 0 aromatic heterocycles. The van der Waals surface area contributed by atoms with E-state index in [1.54, 1.807) is 0 Å². The number of rotatable bonds is 3. The minimum atomic E-state index is -3.33. The summed E-state index contributed by atoms with van der Waals surface area (Å²) in [6, 6.07) is 0. The van der Waals surface area contributed by atoms with E-state index in [-0.39, 0.29) is 6.54 Å². The molecule has 0 saturated heterocycles. The highest BCUT2D eigenvalue weighted by molar-refractivity contribution is 7.92. The van der Waals surface area contributed by atoms with Crippen LogP contribution in [0.2, 0.25) is 0 Å². The Balaban J connectivity index is 4.55. The highest BCUT2D eigenvalue weighted by Gasteiger charge is 2.25. The Kier molecular flexibility index (Phi) is 3.95. The van der Waals surface area contributed by atoms with Gasteiger partial charge in [-0.15, -0.1) is 6.42 Å². The Morgan fingerprint density at radius 1 is 1.62 bits per heavy atom. The highest BCUT2D eigenvalue weighted by Crippen LogP contribution is 2.01. The van der Waals surface area contributed by atoms with Gasteiger partial charge in [-0.2, -0.15) is 0 Å². The van der Waals surface area contributed by atoms with E-state index >= 15 is 0 Å². The summed E-state index contributed by atoms with van der Waals surface area (Å²) in [6.07, 6.45) is 6.01. The summed E-state index contributed by atoms with van der Waals surface area (Å²) >= 11 is 0. The van der Waals surface area contributed by atoms with Crippen molar-refractivity contribution in [3.63, 3.8) is 0 Å². The van der Waals surface area contributed by atoms with E-state index in [9.17, 15) is 13.2 Å². The van der Waals surface area contributed by atoms with Crippen LogP contribution in [0, 0.1) is 12.3 Å². The van der Waals surface area contributed by atoms with Gasteiger partial charge < -0.3 is 4.90 Å². The van der Waals surface area contributed by atoms with Crippen molar-refractivity contribution in [2.45, 2.75) is 12.2 Å². The largest absolute Gasteiger partial charge is 0.334 e. The molecule has 0 saturated carbocycles. The summed E-state index contributed by atoms with van der Waals surface area (Å²) in [5.41, 5.74) is 0. The predicted molar refractivity (Wildman–Crippen MR) is 50.8 cm³/mol. The van der Waals surface area contributed by atoms with Gasteiger partial charge in [-0.05, 0) is 6.92 Å². The second-order valence-electron chi connectivity index (χ2n) is 2.87. The second-order valence-corrected chi connectivity index (χ2v) is 5.24. The average Bonchev–Trinajstić information content (AvgIpc) is 2.00. The molecule has 0 aromatic carbocycles. The first kappa shape index (κ1) is 12.0. The SMILES string of the molecule is C#CCN(C)C(=O)C(C)S(C)(=O)=O. The molecular weight excluding hydrogens is 190 g/mol. The Hall–Kier alpha value is -1.02. The molecule has 1 atom stereocenters. The van der Waals surface area contributed by atoms with Gasteiger partial charge in [0.05, 0.1) is 6.54 Å². The molecule has 74 valence electrons. The maximum Gasteiger partial charge on any atom is 0.241 e. The van der Waals surface area contributed by atoms with E-state index in [4.69, 9.17) is 6.42 Å². The molecule has 5 heteroatoms. The van der Waals surface area contributed by atoms with Crippen LogP contribution in [0.25, 0.3) is 0 Å². The number of carbonyl (C=O) groups excluding carboxylic acids is 1. The maximum absolute atomic E-state index is 11.3. The predicted octanol–water partition coefficient (Wildman–Crippen LogP) is -0.489. The van der Waals surface area contributed by atoms with Crippen LogP contribution in [0.15, 0.2) is 0 Å². The molecule has 0 bridgehead atoms. The molecule has 0 aromatic rings. The fraction of sp³-hybridized carbons (Fsp3) is 0.625. The minimum absolute atomic E-state index is 0.124. The van der Waals surface area contributed by atoms with Gasteiger partial charge in [0.25, 0.3) is 0 Å². The van der Waals surface area contributed by atoms with Crippen molar-refractivity contribution >= 4 is 15.7 Å². The first-order valence-corrected chi connectivity index (χ1v) is 5.63. The third kappa shape index (κ3) is 3.47. The molecule has 1 unspecified atom stereocenters. The smallest absolute Gasteiger partial charge is 0.241 e. The second kappa shape index (κ2) is 4.28. The summed E-state index contributed by atoms with van der Waals surface area (Å²) in [6.45, 7) is 1.48. The molecule has 0 N–H and O–H groups in total. The molecule has 0 aliphatic carbocycles. The number of amides is 1. The Morgan fingerprint density at radius 3 is 2.38 bits per heavy atom. The lowest BCUT2D eigenvalue weighted by Gasteiger charge is -2.17. The summed E-state index contributed by atoms with van der Waals surface area (Å²) in [5.74, 6) is 1.79. The lowest BCUT2D eigenvalue weighted by molar-refractivity contribution is -0.128. The van der Waals surface area contributed by atoms with E-state index < -0.39 is 21.0 Å². The fourth-order valence-corrected chi connectivity index (χ4v) is 1.25. The van der Waals surface area contributed by atoms with Gasteiger partial charge in [-0.3, -0.25) is 4.79 Å². The number of carbonyl (C=O) groups is 1. The molecule has 0 fully saturated rings. The van der Waals surface area contributed by atoms with Crippen LogP contribution >= 0.6 is 0 Å². The molecule has 0 radical (unpaired) electrons. The van der Waals surface area contributed by atoms with Gasteiger partial charge >= 0.3 is 0 Å². The van der Waals surface area contributed by atoms with Crippen molar-refractivity contribution in [2.75, 3.05) is 19.8 Å². The van der Waals surface area contributed by atoms with Gasteiger partial charge in [0, 0.05) is 13.3 Å². The normalized spacial score (nSPS) is 13.1. The van der Waals surface area contributed by atoms with Crippen molar-refractivity contribution < 1.29 is 13.2 Å². The van der Waals surface area contributed by atoms with Crippen molar-refractivity contribution in [3.8, 4) is 12.3 Å². The maximum atomic E-state index is 11.3. The molecule has 0 heterocycles. The molecule has 1 amide bonds. The minimum Gasteiger partial charge on any atom is -0.334 e. The lowest BCUT2D eigenvalue weighted by Crippen LogP contribution is -2.38. The number of hydrogen-bond donors (Lipinski definition) is 0. The molecule has 0 aliphatic heterocycles. The van der Waals surface area contributed by atoms with Crippen molar-refractivity contribution in [1.29, 1.82) is 0 Å². The molecule has 13 heavy (non-hydrogen) atoms.